The predicted molar refractivity (Wildman–Crippen MR) is 106 cm³/mol. The van der Waals surface area contributed by atoms with Crippen molar-refractivity contribution in [1.29, 1.82) is 0 Å². The minimum Gasteiger partial charge on any atom is -0.508 e. The predicted octanol–water partition coefficient (Wildman–Crippen LogP) is 2.51. The van der Waals surface area contributed by atoms with E-state index in [1.165, 1.54) is 29.7 Å². The number of thiophene rings is 1. The van der Waals surface area contributed by atoms with Gasteiger partial charge < -0.3 is 25.3 Å². The highest BCUT2D eigenvalue weighted by Crippen LogP contribution is 2.38. The van der Waals surface area contributed by atoms with Gasteiger partial charge >= 0.3 is 5.97 Å². The van der Waals surface area contributed by atoms with Gasteiger partial charge in [0.15, 0.2) is 6.61 Å². The topological polar surface area (TPSA) is 132 Å². The molecule has 8 nitrogen and oxygen atoms in total. The third kappa shape index (κ3) is 3.81. The molecule has 2 amide bonds. The smallest absolute Gasteiger partial charge is 0.310 e. The molecule has 150 valence electrons. The van der Waals surface area contributed by atoms with Crippen molar-refractivity contribution in [3.05, 3.63) is 46.0 Å². The van der Waals surface area contributed by atoms with Crippen LogP contribution in [0, 0.1) is 0 Å². The number of esters is 1. The molecule has 29 heavy (non-hydrogen) atoms. The Morgan fingerprint density at radius 1 is 1.28 bits per heavy atom. The van der Waals surface area contributed by atoms with Crippen LogP contribution in [0.15, 0.2) is 28.9 Å². The van der Waals surface area contributed by atoms with Crippen molar-refractivity contribution in [1.82, 2.24) is 0 Å². The number of fused-ring (bicyclic) bond motifs is 2. The summed E-state index contributed by atoms with van der Waals surface area (Å²) >= 11 is 1.34. The van der Waals surface area contributed by atoms with Crippen LogP contribution < -0.4 is 11.1 Å². The summed E-state index contributed by atoms with van der Waals surface area (Å²) in [5.74, 6) is -1.65. The van der Waals surface area contributed by atoms with Gasteiger partial charge in [-0.15, -0.1) is 11.3 Å². The lowest BCUT2D eigenvalue weighted by atomic mass is 10.1. The van der Waals surface area contributed by atoms with Crippen molar-refractivity contribution >= 4 is 45.1 Å². The SMILES string of the molecule is NC(=O)c1c(NC(=O)COC(=O)Cc2coc3cc(O)ccc23)sc2c1CCC2. The van der Waals surface area contributed by atoms with Crippen LogP contribution in [0.4, 0.5) is 5.00 Å². The lowest BCUT2D eigenvalue weighted by Crippen LogP contribution is -2.23. The first kappa shape index (κ1) is 19.0. The number of hydrogen-bond acceptors (Lipinski definition) is 7. The first-order chi connectivity index (χ1) is 13.9. The number of hydrogen-bond donors (Lipinski definition) is 3. The molecule has 0 saturated carbocycles. The maximum absolute atomic E-state index is 12.2. The molecular weight excluding hydrogens is 396 g/mol. The number of phenolic OH excluding ortho intramolecular Hbond substituents is 1. The summed E-state index contributed by atoms with van der Waals surface area (Å²) in [7, 11) is 0. The second-order valence-electron chi connectivity index (χ2n) is 6.75. The number of amides is 2. The van der Waals surface area contributed by atoms with Gasteiger partial charge in [0.1, 0.15) is 16.3 Å². The molecule has 9 heteroatoms. The molecular formula is C20H18N2O6S. The molecule has 1 aliphatic carbocycles. The minimum atomic E-state index is -0.597. The number of anilines is 1. The van der Waals surface area contributed by atoms with E-state index < -0.39 is 24.4 Å². The van der Waals surface area contributed by atoms with E-state index in [2.05, 4.69) is 5.32 Å². The highest BCUT2D eigenvalue weighted by molar-refractivity contribution is 7.17. The van der Waals surface area contributed by atoms with E-state index in [0.29, 0.717) is 27.1 Å². The number of aryl methyl sites for hydroxylation is 1. The van der Waals surface area contributed by atoms with E-state index in [-0.39, 0.29) is 12.2 Å². The number of rotatable bonds is 6. The monoisotopic (exact) mass is 414 g/mol. The molecule has 1 aliphatic rings. The van der Waals surface area contributed by atoms with E-state index in [1.807, 2.05) is 0 Å². The Morgan fingerprint density at radius 3 is 2.90 bits per heavy atom. The van der Waals surface area contributed by atoms with Crippen LogP contribution in [0.2, 0.25) is 0 Å². The van der Waals surface area contributed by atoms with Gasteiger partial charge in [-0.1, -0.05) is 0 Å². The van der Waals surface area contributed by atoms with E-state index in [4.69, 9.17) is 14.9 Å². The summed E-state index contributed by atoms with van der Waals surface area (Å²) in [6, 6.07) is 4.59. The molecule has 4 N–H and O–H groups in total. The molecule has 4 rings (SSSR count). The zero-order chi connectivity index (χ0) is 20.5. The maximum atomic E-state index is 12.2. The maximum Gasteiger partial charge on any atom is 0.310 e. The van der Waals surface area contributed by atoms with Crippen molar-refractivity contribution < 1.29 is 28.6 Å². The third-order valence-electron chi connectivity index (χ3n) is 4.76. The van der Waals surface area contributed by atoms with Gasteiger partial charge in [-0.05, 0) is 37.0 Å². The molecule has 3 aromatic rings. The second kappa shape index (κ2) is 7.59. The zero-order valence-corrected chi connectivity index (χ0v) is 16.1. The molecule has 0 atom stereocenters. The molecule has 0 radical (unpaired) electrons. The lowest BCUT2D eigenvalue weighted by molar-refractivity contribution is -0.146. The van der Waals surface area contributed by atoms with Crippen LogP contribution in [-0.2, 0) is 33.6 Å². The molecule has 0 aliphatic heterocycles. The van der Waals surface area contributed by atoms with E-state index >= 15 is 0 Å². The third-order valence-corrected chi connectivity index (χ3v) is 5.97. The van der Waals surface area contributed by atoms with Crippen molar-refractivity contribution in [2.24, 2.45) is 5.73 Å². The summed E-state index contributed by atoms with van der Waals surface area (Å²) in [5, 5.41) is 13.2. The van der Waals surface area contributed by atoms with Crippen LogP contribution in [-0.4, -0.2) is 29.5 Å². The first-order valence-electron chi connectivity index (χ1n) is 9.01. The fourth-order valence-corrected chi connectivity index (χ4v) is 4.79. The summed E-state index contributed by atoms with van der Waals surface area (Å²) in [6.45, 7) is -0.476. The van der Waals surface area contributed by atoms with Gasteiger partial charge in [0, 0.05) is 21.9 Å². The normalized spacial score (nSPS) is 12.7. The number of benzene rings is 1. The Hall–Kier alpha value is -3.33. The summed E-state index contributed by atoms with van der Waals surface area (Å²) in [6.07, 6.45) is 3.94. The summed E-state index contributed by atoms with van der Waals surface area (Å²) in [4.78, 5) is 37.1. The highest BCUT2D eigenvalue weighted by atomic mass is 32.1. The average Bonchev–Trinajstić information content (AvgIpc) is 3.34. The number of aromatic hydroxyl groups is 1. The van der Waals surface area contributed by atoms with Crippen molar-refractivity contribution in [2.45, 2.75) is 25.7 Å². The van der Waals surface area contributed by atoms with Gasteiger partial charge in [0.25, 0.3) is 11.8 Å². The van der Waals surface area contributed by atoms with E-state index in [9.17, 15) is 19.5 Å². The fourth-order valence-electron chi connectivity index (χ4n) is 3.48. The van der Waals surface area contributed by atoms with Crippen LogP contribution in [0.3, 0.4) is 0 Å². The van der Waals surface area contributed by atoms with E-state index in [1.54, 1.807) is 6.07 Å². The Kier molecular flexibility index (Phi) is 4.98. The van der Waals surface area contributed by atoms with Crippen LogP contribution in [0.25, 0.3) is 11.0 Å². The fraction of sp³-hybridized carbons (Fsp3) is 0.250. The number of primary amides is 1. The van der Waals surface area contributed by atoms with Gasteiger partial charge in [0.2, 0.25) is 0 Å². The molecule has 0 bridgehead atoms. The van der Waals surface area contributed by atoms with Crippen molar-refractivity contribution in [3.8, 4) is 5.75 Å². The molecule has 0 unspecified atom stereocenters. The molecule has 0 fully saturated rings. The standard InChI is InChI=1S/C20H18N2O6S/c21-19(26)18-13-2-1-3-15(13)29-20(18)22-16(24)9-28-17(25)6-10-8-27-14-7-11(23)4-5-12(10)14/h4-5,7-8,23H,1-3,6,9H2,(H2,21,26)(H,22,24). The molecule has 1 aromatic carbocycles. The zero-order valence-electron chi connectivity index (χ0n) is 15.3. The Morgan fingerprint density at radius 2 is 2.10 bits per heavy atom. The Bertz CT molecular complexity index is 1130. The number of nitrogens with one attached hydrogen (secondary N) is 1. The van der Waals surface area contributed by atoms with Crippen molar-refractivity contribution in [3.63, 3.8) is 0 Å². The van der Waals surface area contributed by atoms with Crippen LogP contribution in [0.1, 0.15) is 32.8 Å². The Balaban J connectivity index is 1.36. The Labute approximate surface area is 169 Å². The van der Waals surface area contributed by atoms with Gasteiger partial charge in [-0.3, -0.25) is 14.4 Å². The number of carbonyl (C=O) groups excluding carboxylic acids is 3. The number of furan rings is 1. The first-order valence-corrected chi connectivity index (χ1v) is 9.83. The number of ether oxygens (including phenoxy) is 1. The van der Waals surface area contributed by atoms with E-state index in [0.717, 1.165) is 29.7 Å². The van der Waals surface area contributed by atoms with Crippen LogP contribution >= 0.6 is 11.3 Å². The molecule has 0 spiro atoms. The average molecular weight is 414 g/mol. The summed E-state index contributed by atoms with van der Waals surface area (Å²) < 4.78 is 10.4. The largest absolute Gasteiger partial charge is 0.508 e. The lowest BCUT2D eigenvalue weighted by Gasteiger charge is -2.07. The number of phenols is 1. The number of nitrogens with two attached hydrogens (primary N) is 1. The second-order valence-corrected chi connectivity index (χ2v) is 7.86. The molecule has 2 aromatic heterocycles. The minimum absolute atomic E-state index is 0.0625. The van der Waals surface area contributed by atoms with Gasteiger partial charge in [-0.25, -0.2) is 0 Å². The number of carbonyl (C=O) groups is 3. The van der Waals surface area contributed by atoms with Crippen molar-refractivity contribution in [2.75, 3.05) is 11.9 Å². The highest BCUT2D eigenvalue weighted by Gasteiger charge is 2.26. The van der Waals surface area contributed by atoms with Gasteiger partial charge in [0.05, 0.1) is 18.2 Å². The van der Waals surface area contributed by atoms with Gasteiger partial charge in [-0.2, -0.15) is 0 Å². The van der Waals surface area contributed by atoms with Crippen LogP contribution in [0.5, 0.6) is 5.75 Å². The quantitative estimate of drug-likeness (QED) is 0.531. The molecule has 0 saturated heterocycles. The molecule has 2 heterocycles. The summed E-state index contributed by atoms with van der Waals surface area (Å²) in [5.41, 5.74) is 7.78.